The molecule has 0 saturated carbocycles. The highest BCUT2D eigenvalue weighted by atomic mass is 16.6. The summed E-state index contributed by atoms with van der Waals surface area (Å²) < 4.78 is 16.7. The summed E-state index contributed by atoms with van der Waals surface area (Å²) in [5.41, 5.74) is 0. The van der Waals surface area contributed by atoms with E-state index in [2.05, 4.69) is 93.7 Å². The summed E-state index contributed by atoms with van der Waals surface area (Å²) in [7, 11) is 0. The second-order valence-electron chi connectivity index (χ2n) is 16.7. The Hall–Kier alpha value is -3.15. The minimum Gasteiger partial charge on any atom is -0.462 e. The zero-order valence-corrected chi connectivity index (χ0v) is 39.9. The summed E-state index contributed by atoms with van der Waals surface area (Å²) >= 11 is 0. The molecule has 61 heavy (non-hydrogen) atoms. The zero-order valence-electron chi connectivity index (χ0n) is 39.9. The predicted molar refractivity (Wildman–Crippen MR) is 261 cm³/mol. The van der Waals surface area contributed by atoms with Crippen molar-refractivity contribution in [3.05, 3.63) is 72.9 Å². The Morgan fingerprint density at radius 2 is 0.639 bits per heavy atom. The molecular weight excluding hydrogens is 757 g/mol. The summed E-state index contributed by atoms with van der Waals surface area (Å²) in [6, 6.07) is 0. The van der Waals surface area contributed by atoms with Gasteiger partial charge in [-0.2, -0.15) is 0 Å². The molecule has 0 aromatic rings. The van der Waals surface area contributed by atoms with Crippen LogP contribution in [0.25, 0.3) is 0 Å². The van der Waals surface area contributed by atoms with Gasteiger partial charge in [-0.25, -0.2) is 0 Å². The summed E-state index contributed by atoms with van der Waals surface area (Å²) in [6.07, 6.45) is 61.7. The van der Waals surface area contributed by atoms with Crippen molar-refractivity contribution in [2.75, 3.05) is 13.2 Å². The van der Waals surface area contributed by atoms with Gasteiger partial charge in [0.15, 0.2) is 6.10 Å². The monoisotopic (exact) mass is 851 g/mol. The van der Waals surface area contributed by atoms with Crippen LogP contribution in [0.3, 0.4) is 0 Å². The number of esters is 3. The number of hydrogen-bond acceptors (Lipinski definition) is 6. The highest BCUT2D eigenvalue weighted by Gasteiger charge is 2.19. The molecule has 0 aromatic heterocycles. The average molecular weight is 851 g/mol. The third-order valence-electron chi connectivity index (χ3n) is 10.7. The Balaban J connectivity index is 4.42. The highest BCUT2D eigenvalue weighted by molar-refractivity contribution is 5.71. The molecule has 0 aromatic carbocycles. The smallest absolute Gasteiger partial charge is 0.306 e. The van der Waals surface area contributed by atoms with Crippen LogP contribution in [0, 0.1) is 0 Å². The quantitative estimate of drug-likeness (QED) is 0.0263. The van der Waals surface area contributed by atoms with E-state index in [1.54, 1.807) is 0 Å². The fourth-order valence-electron chi connectivity index (χ4n) is 6.87. The van der Waals surface area contributed by atoms with Crippen molar-refractivity contribution >= 4 is 17.9 Å². The number of rotatable bonds is 45. The minimum atomic E-state index is -0.792. The van der Waals surface area contributed by atoms with E-state index in [-0.39, 0.29) is 31.1 Å². The third-order valence-corrected chi connectivity index (χ3v) is 10.7. The molecule has 0 heterocycles. The number of unbranched alkanes of at least 4 members (excludes halogenated alkanes) is 22. The van der Waals surface area contributed by atoms with Crippen LogP contribution >= 0.6 is 0 Å². The molecule has 0 aliphatic carbocycles. The van der Waals surface area contributed by atoms with Crippen LogP contribution in [0.4, 0.5) is 0 Å². The van der Waals surface area contributed by atoms with Crippen molar-refractivity contribution in [3.8, 4) is 0 Å². The van der Waals surface area contributed by atoms with Crippen molar-refractivity contribution in [3.63, 3.8) is 0 Å². The van der Waals surface area contributed by atoms with Crippen molar-refractivity contribution in [2.24, 2.45) is 0 Å². The third kappa shape index (κ3) is 47.7. The molecule has 0 aliphatic rings. The standard InChI is InChI=1S/C55H94O6/c1-4-7-10-13-16-19-22-24-26-28-30-31-33-36-39-42-45-48-54(57)60-51-52(50-59-53(56)47-44-41-38-35-21-18-15-12-9-6-3)61-55(58)49-46-43-40-37-34-32-29-27-25-23-20-17-14-11-8-5-2/h8,11,16-17,19-20,24-27,32,34,52H,4-7,9-10,12-15,18,21-23,28-31,33,35-51H2,1-3H3/b11-8-,19-16-,20-17-,26-24-,27-25-,34-32-. The summed E-state index contributed by atoms with van der Waals surface area (Å²) in [4.78, 5) is 37.9. The first-order valence-corrected chi connectivity index (χ1v) is 25.4. The van der Waals surface area contributed by atoms with E-state index in [0.29, 0.717) is 19.3 Å². The van der Waals surface area contributed by atoms with Crippen LogP contribution in [0.2, 0.25) is 0 Å². The Morgan fingerprint density at radius 1 is 0.344 bits per heavy atom. The Bertz CT molecular complexity index is 1160. The van der Waals surface area contributed by atoms with Crippen molar-refractivity contribution in [2.45, 2.75) is 245 Å². The molecule has 0 fully saturated rings. The van der Waals surface area contributed by atoms with E-state index in [1.165, 1.54) is 96.3 Å². The second kappa shape index (κ2) is 49.5. The molecule has 1 atom stereocenters. The van der Waals surface area contributed by atoms with Crippen molar-refractivity contribution < 1.29 is 28.6 Å². The number of allylic oxidation sites excluding steroid dienone is 12. The maximum atomic E-state index is 12.8. The van der Waals surface area contributed by atoms with Gasteiger partial charge in [0.1, 0.15) is 13.2 Å². The SMILES string of the molecule is CC/C=C\C/C=C\C/C=C\C/C=C\CCCCCC(=O)OC(COC(=O)CCCCCCCCC/C=C\C/C=C\CCCCC)COC(=O)CCCCCCCCCCCC. The topological polar surface area (TPSA) is 78.9 Å². The maximum Gasteiger partial charge on any atom is 0.306 e. The number of carbonyl (C=O) groups excluding carboxylic acids is 3. The van der Waals surface area contributed by atoms with Crippen LogP contribution in [0.15, 0.2) is 72.9 Å². The fourth-order valence-corrected chi connectivity index (χ4v) is 6.87. The summed E-state index contributed by atoms with van der Waals surface area (Å²) in [6.45, 7) is 6.45. The van der Waals surface area contributed by atoms with Crippen LogP contribution in [-0.4, -0.2) is 37.2 Å². The molecule has 0 saturated heterocycles. The van der Waals surface area contributed by atoms with Gasteiger partial charge in [0.2, 0.25) is 0 Å². The maximum absolute atomic E-state index is 12.8. The van der Waals surface area contributed by atoms with Crippen molar-refractivity contribution in [1.82, 2.24) is 0 Å². The van der Waals surface area contributed by atoms with Gasteiger partial charge in [0.05, 0.1) is 0 Å². The molecule has 0 spiro atoms. The van der Waals surface area contributed by atoms with Gasteiger partial charge in [-0.15, -0.1) is 0 Å². The van der Waals surface area contributed by atoms with Gasteiger partial charge in [-0.05, 0) is 89.9 Å². The summed E-state index contributed by atoms with van der Waals surface area (Å²) in [5.74, 6) is -0.930. The van der Waals surface area contributed by atoms with Crippen molar-refractivity contribution in [1.29, 1.82) is 0 Å². The van der Waals surface area contributed by atoms with Crippen LogP contribution < -0.4 is 0 Å². The first-order valence-electron chi connectivity index (χ1n) is 25.4. The Labute approximate surface area is 376 Å². The lowest BCUT2D eigenvalue weighted by atomic mass is 10.1. The number of hydrogen-bond donors (Lipinski definition) is 0. The van der Waals surface area contributed by atoms with Gasteiger partial charge < -0.3 is 14.2 Å². The number of ether oxygens (including phenoxy) is 3. The second-order valence-corrected chi connectivity index (χ2v) is 16.7. The van der Waals surface area contributed by atoms with Crippen LogP contribution in [-0.2, 0) is 28.6 Å². The first-order chi connectivity index (χ1) is 30.0. The molecule has 0 N–H and O–H groups in total. The van der Waals surface area contributed by atoms with E-state index in [4.69, 9.17) is 14.2 Å². The fraction of sp³-hybridized carbons (Fsp3) is 0.727. The molecule has 0 radical (unpaired) electrons. The lowest BCUT2D eigenvalue weighted by molar-refractivity contribution is -0.167. The summed E-state index contributed by atoms with van der Waals surface area (Å²) in [5, 5.41) is 0. The molecule has 0 aliphatic heterocycles. The normalized spacial score (nSPS) is 12.6. The predicted octanol–water partition coefficient (Wildman–Crippen LogP) is 16.6. The molecule has 0 amide bonds. The molecule has 6 nitrogen and oxygen atoms in total. The van der Waals surface area contributed by atoms with Gasteiger partial charge >= 0.3 is 17.9 Å². The molecule has 0 bridgehead atoms. The molecule has 1 unspecified atom stereocenters. The van der Waals surface area contributed by atoms with E-state index < -0.39 is 6.10 Å². The largest absolute Gasteiger partial charge is 0.462 e. The highest BCUT2D eigenvalue weighted by Crippen LogP contribution is 2.14. The lowest BCUT2D eigenvalue weighted by Gasteiger charge is -2.18. The lowest BCUT2D eigenvalue weighted by Crippen LogP contribution is -2.30. The average Bonchev–Trinajstić information content (AvgIpc) is 3.26. The van der Waals surface area contributed by atoms with Crippen LogP contribution in [0.5, 0.6) is 0 Å². The molecule has 0 rings (SSSR count). The van der Waals surface area contributed by atoms with Gasteiger partial charge in [-0.1, -0.05) is 203 Å². The molecular formula is C55H94O6. The van der Waals surface area contributed by atoms with E-state index in [9.17, 15) is 14.4 Å². The Kier molecular flexibility index (Phi) is 46.9. The van der Waals surface area contributed by atoms with E-state index >= 15 is 0 Å². The van der Waals surface area contributed by atoms with E-state index in [0.717, 1.165) is 103 Å². The van der Waals surface area contributed by atoms with E-state index in [1.807, 2.05) is 0 Å². The molecule has 350 valence electrons. The van der Waals surface area contributed by atoms with Gasteiger partial charge in [0.25, 0.3) is 0 Å². The zero-order chi connectivity index (χ0) is 44.4. The van der Waals surface area contributed by atoms with Crippen LogP contribution in [0.1, 0.15) is 239 Å². The van der Waals surface area contributed by atoms with Gasteiger partial charge in [-0.3, -0.25) is 14.4 Å². The minimum absolute atomic E-state index is 0.0899. The Morgan fingerprint density at radius 3 is 1.05 bits per heavy atom. The number of carbonyl (C=O) groups is 3. The first kappa shape index (κ1) is 57.9. The molecule has 6 heteroatoms. The van der Waals surface area contributed by atoms with Gasteiger partial charge in [0, 0.05) is 19.3 Å².